The maximum Gasteiger partial charge on any atom is 0.127 e. The van der Waals surface area contributed by atoms with Crippen molar-refractivity contribution < 1.29 is 4.74 Å². The van der Waals surface area contributed by atoms with Gasteiger partial charge in [0.05, 0.1) is 6.04 Å². The Morgan fingerprint density at radius 3 is 2.48 bits per heavy atom. The van der Waals surface area contributed by atoms with Crippen LogP contribution in [0.25, 0.3) is 6.08 Å². The average Bonchev–Trinajstić information content (AvgIpc) is 3.17. The molecule has 1 aliphatic carbocycles. The van der Waals surface area contributed by atoms with E-state index in [0.717, 1.165) is 24.2 Å². The van der Waals surface area contributed by atoms with Gasteiger partial charge in [-0.25, -0.2) is 0 Å². The van der Waals surface area contributed by atoms with Crippen molar-refractivity contribution in [2.45, 2.75) is 44.8 Å². The lowest BCUT2D eigenvalue weighted by atomic mass is 9.85. The molecule has 130 valence electrons. The summed E-state index contributed by atoms with van der Waals surface area (Å²) < 4.78 is 6.60. The Hall–Kier alpha value is -2.06. The largest absolute Gasteiger partial charge is 0.488 e. The van der Waals surface area contributed by atoms with E-state index in [1.165, 1.54) is 42.6 Å². The molecule has 0 saturated carbocycles. The Balaban J connectivity index is 1.64. The number of aryl methyl sites for hydroxylation is 1. The second-order valence-electron chi connectivity index (χ2n) is 7.39. The fraction of sp³-hybridized carbons (Fsp3) is 0.391. The van der Waals surface area contributed by atoms with Gasteiger partial charge in [0.1, 0.15) is 11.9 Å². The maximum atomic E-state index is 6.60. The van der Waals surface area contributed by atoms with Crippen LogP contribution in [0.4, 0.5) is 0 Å². The molecule has 2 aromatic carbocycles. The first-order chi connectivity index (χ1) is 12.2. The number of hydrogen-bond acceptors (Lipinski definition) is 2. The van der Waals surface area contributed by atoms with Crippen molar-refractivity contribution in [3.05, 3.63) is 71.3 Å². The average molecular weight is 333 g/mol. The van der Waals surface area contributed by atoms with Gasteiger partial charge in [0.2, 0.25) is 0 Å². The first-order valence-electron chi connectivity index (χ1n) is 9.45. The summed E-state index contributed by atoms with van der Waals surface area (Å²) in [4.78, 5) is 2.64. The molecule has 2 aliphatic rings. The molecule has 2 heteroatoms. The van der Waals surface area contributed by atoms with E-state index in [1.54, 1.807) is 0 Å². The minimum Gasteiger partial charge on any atom is -0.488 e. The van der Waals surface area contributed by atoms with Crippen LogP contribution in [-0.2, 0) is 12.8 Å². The van der Waals surface area contributed by atoms with Crippen molar-refractivity contribution in [1.29, 1.82) is 0 Å². The second-order valence-corrected chi connectivity index (χ2v) is 7.39. The molecule has 25 heavy (non-hydrogen) atoms. The third-order valence-corrected chi connectivity index (χ3v) is 5.67. The predicted molar refractivity (Wildman–Crippen MR) is 104 cm³/mol. The predicted octanol–water partition coefficient (Wildman–Crippen LogP) is 4.65. The van der Waals surface area contributed by atoms with E-state index in [0.29, 0.717) is 6.04 Å². The van der Waals surface area contributed by atoms with Crippen LogP contribution in [0.5, 0.6) is 5.75 Å². The van der Waals surface area contributed by atoms with Crippen LogP contribution >= 0.6 is 0 Å². The van der Waals surface area contributed by atoms with Crippen LogP contribution in [0, 0.1) is 6.92 Å². The summed E-state index contributed by atoms with van der Waals surface area (Å²) in [6.45, 7) is 8.49. The van der Waals surface area contributed by atoms with E-state index in [2.05, 4.69) is 60.9 Å². The maximum absolute atomic E-state index is 6.60. The van der Waals surface area contributed by atoms with Crippen molar-refractivity contribution in [2.24, 2.45) is 0 Å². The van der Waals surface area contributed by atoms with Gasteiger partial charge >= 0.3 is 0 Å². The Kier molecular flexibility index (Phi) is 4.63. The number of hydrogen-bond donors (Lipinski definition) is 0. The molecule has 0 amide bonds. The van der Waals surface area contributed by atoms with E-state index in [1.807, 2.05) is 6.08 Å². The number of fused-ring (bicyclic) bond motifs is 1. The van der Waals surface area contributed by atoms with E-state index in [-0.39, 0.29) is 6.10 Å². The molecule has 0 spiro atoms. The van der Waals surface area contributed by atoms with Gasteiger partial charge in [-0.3, -0.25) is 4.90 Å². The molecule has 2 unspecified atom stereocenters. The zero-order chi connectivity index (χ0) is 17.2. The number of likely N-dealkylation sites (tertiary alicyclic amines) is 1. The molecule has 2 aromatic rings. The van der Waals surface area contributed by atoms with Crippen LogP contribution in [0.1, 0.15) is 35.1 Å². The second kappa shape index (κ2) is 7.05. The molecular formula is C23H27NO. The quantitative estimate of drug-likeness (QED) is 0.807. The highest BCUT2D eigenvalue weighted by atomic mass is 16.5. The summed E-state index contributed by atoms with van der Waals surface area (Å²) in [6.07, 6.45) is 6.82. The van der Waals surface area contributed by atoms with Crippen LogP contribution in [0.3, 0.4) is 0 Å². The van der Waals surface area contributed by atoms with Crippen LogP contribution in [0.15, 0.2) is 49.0 Å². The van der Waals surface area contributed by atoms with Gasteiger partial charge in [-0.2, -0.15) is 0 Å². The summed E-state index contributed by atoms with van der Waals surface area (Å²) in [5, 5.41) is 0. The van der Waals surface area contributed by atoms with Crippen molar-refractivity contribution in [1.82, 2.24) is 4.90 Å². The summed E-state index contributed by atoms with van der Waals surface area (Å²) >= 11 is 0. The molecule has 1 aliphatic heterocycles. The van der Waals surface area contributed by atoms with Crippen molar-refractivity contribution >= 4 is 6.08 Å². The highest BCUT2D eigenvalue weighted by Gasteiger charge is 2.35. The minimum atomic E-state index is 0.203. The summed E-state index contributed by atoms with van der Waals surface area (Å²) in [6, 6.07) is 15.7. The topological polar surface area (TPSA) is 12.5 Å². The van der Waals surface area contributed by atoms with Gasteiger partial charge in [0, 0.05) is 12.0 Å². The normalized spacial score (nSPS) is 23.2. The zero-order valence-corrected chi connectivity index (χ0v) is 15.1. The first kappa shape index (κ1) is 16.4. The lowest BCUT2D eigenvalue weighted by molar-refractivity contribution is 0.0735. The van der Waals surface area contributed by atoms with Crippen molar-refractivity contribution in [3.8, 4) is 5.75 Å². The third-order valence-electron chi connectivity index (χ3n) is 5.67. The van der Waals surface area contributed by atoms with Gasteiger partial charge in [0.15, 0.2) is 0 Å². The van der Waals surface area contributed by atoms with Crippen LogP contribution in [0.2, 0.25) is 0 Å². The van der Waals surface area contributed by atoms with Gasteiger partial charge in [-0.1, -0.05) is 48.6 Å². The van der Waals surface area contributed by atoms with Gasteiger partial charge in [-0.05, 0) is 62.5 Å². The lowest BCUT2D eigenvalue weighted by Crippen LogP contribution is -2.49. The Morgan fingerprint density at radius 1 is 1.04 bits per heavy atom. The minimum absolute atomic E-state index is 0.203. The molecule has 1 fully saturated rings. The molecule has 1 heterocycles. The Bertz CT molecular complexity index is 760. The van der Waals surface area contributed by atoms with E-state index in [4.69, 9.17) is 4.74 Å². The zero-order valence-electron chi connectivity index (χ0n) is 15.1. The monoisotopic (exact) mass is 333 g/mol. The first-order valence-corrected chi connectivity index (χ1v) is 9.45. The standard InChI is InChI=1S/C23H27NO/c1-3-18-14-17(2)10-11-22(18)25-23-16-20-9-5-4-8-19(20)15-21(23)24-12-6-7-13-24/h3-5,8-11,14,21,23H,1,6-7,12-13,15-16H2,2H3. The van der Waals surface area contributed by atoms with Crippen LogP contribution in [-0.4, -0.2) is 30.1 Å². The Morgan fingerprint density at radius 2 is 1.76 bits per heavy atom. The highest BCUT2D eigenvalue weighted by molar-refractivity contribution is 5.57. The Labute approximate surface area is 151 Å². The van der Waals surface area contributed by atoms with E-state index >= 15 is 0 Å². The van der Waals surface area contributed by atoms with Crippen molar-refractivity contribution in [2.75, 3.05) is 13.1 Å². The molecule has 0 radical (unpaired) electrons. The van der Waals surface area contributed by atoms with E-state index < -0.39 is 0 Å². The number of nitrogens with zero attached hydrogens (tertiary/aromatic N) is 1. The van der Waals surface area contributed by atoms with Gasteiger partial charge in [-0.15, -0.1) is 0 Å². The molecule has 0 bridgehead atoms. The number of ether oxygens (including phenoxy) is 1. The SMILES string of the molecule is C=Cc1cc(C)ccc1OC1Cc2ccccc2CC1N1CCCC1. The number of benzene rings is 2. The van der Waals surface area contributed by atoms with E-state index in [9.17, 15) is 0 Å². The number of rotatable bonds is 4. The molecule has 2 atom stereocenters. The van der Waals surface area contributed by atoms with Gasteiger partial charge in [0.25, 0.3) is 0 Å². The molecule has 1 saturated heterocycles. The molecule has 0 aromatic heterocycles. The molecule has 2 nitrogen and oxygen atoms in total. The summed E-state index contributed by atoms with van der Waals surface area (Å²) in [5.74, 6) is 0.967. The molecular weight excluding hydrogens is 306 g/mol. The van der Waals surface area contributed by atoms with Gasteiger partial charge < -0.3 is 4.74 Å². The summed E-state index contributed by atoms with van der Waals surface area (Å²) in [7, 11) is 0. The lowest BCUT2D eigenvalue weighted by Gasteiger charge is -2.39. The fourth-order valence-corrected chi connectivity index (χ4v) is 4.32. The fourth-order valence-electron chi connectivity index (χ4n) is 4.32. The van der Waals surface area contributed by atoms with Crippen molar-refractivity contribution in [3.63, 3.8) is 0 Å². The third kappa shape index (κ3) is 3.36. The molecule has 4 rings (SSSR count). The molecule has 0 N–H and O–H groups in total. The summed E-state index contributed by atoms with van der Waals surface area (Å²) in [5.41, 5.74) is 5.27. The van der Waals surface area contributed by atoms with Crippen LogP contribution < -0.4 is 4.74 Å². The smallest absolute Gasteiger partial charge is 0.127 e. The highest BCUT2D eigenvalue weighted by Crippen LogP contribution is 2.31.